The van der Waals surface area contributed by atoms with Crippen LogP contribution in [-0.4, -0.2) is 51.3 Å². The highest BCUT2D eigenvalue weighted by Gasteiger charge is 2.31. The predicted molar refractivity (Wildman–Crippen MR) is 128 cm³/mol. The number of carbonyl (C=O) groups is 1. The molecule has 0 radical (unpaired) electrons. The minimum Gasteiger partial charge on any atom is -0.488 e. The van der Waals surface area contributed by atoms with Gasteiger partial charge in [0.15, 0.2) is 6.04 Å². The second-order valence-corrected chi connectivity index (χ2v) is 8.44. The lowest BCUT2D eigenvalue weighted by Crippen LogP contribution is -3.30. The topological polar surface area (TPSA) is 47.2 Å². The van der Waals surface area contributed by atoms with Gasteiger partial charge in [-0.3, -0.25) is 4.79 Å². The van der Waals surface area contributed by atoms with Crippen LogP contribution >= 0.6 is 0 Å². The monoisotopic (exact) mass is 431 g/mol. The summed E-state index contributed by atoms with van der Waals surface area (Å²) < 4.78 is 5.84. The summed E-state index contributed by atoms with van der Waals surface area (Å²) in [6.07, 6.45) is 0. The summed E-state index contributed by atoms with van der Waals surface area (Å²) in [7, 11) is 0. The number of hydrogen-bond donors (Lipinski definition) is 3. The largest absolute Gasteiger partial charge is 0.488 e. The SMILES string of the molecule is C[C@@H](C(=O)Nc1ccccc1-c1ccccc1)[NH+]1CC[NH+](CCOc2ccccc2)CC1. The molecule has 3 N–H and O–H groups in total. The fourth-order valence-electron chi connectivity index (χ4n) is 4.33. The molecule has 166 valence electrons. The molecule has 3 aromatic carbocycles. The van der Waals surface area contributed by atoms with Crippen molar-refractivity contribution in [2.45, 2.75) is 13.0 Å². The first-order valence-electron chi connectivity index (χ1n) is 11.5. The van der Waals surface area contributed by atoms with E-state index in [4.69, 9.17) is 4.74 Å². The molecule has 1 amide bonds. The fraction of sp³-hybridized carbons (Fsp3) is 0.296. The molecule has 1 saturated heterocycles. The highest BCUT2D eigenvalue weighted by molar-refractivity contribution is 5.97. The van der Waals surface area contributed by atoms with E-state index in [9.17, 15) is 4.79 Å². The summed E-state index contributed by atoms with van der Waals surface area (Å²) in [5.41, 5.74) is 3.03. The number of rotatable bonds is 8. The lowest BCUT2D eigenvalue weighted by Gasteiger charge is -2.32. The number of piperazine rings is 1. The summed E-state index contributed by atoms with van der Waals surface area (Å²) in [6, 6.07) is 28.1. The molecule has 32 heavy (non-hydrogen) atoms. The third-order valence-electron chi connectivity index (χ3n) is 6.34. The standard InChI is InChI=1S/C27H31N3O2/c1-22(27(31)28-26-15-9-8-14-25(26)23-10-4-2-5-11-23)30-18-16-29(17-19-30)20-21-32-24-12-6-3-7-13-24/h2-15,22H,16-21H2,1H3,(H,28,31)/p+2/t22-/m0/s1. The Morgan fingerprint density at radius 2 is 1.50 bits per heavy atom. The summed E-state index contributed by atoms with van der Waals surface area (Å²) in [5.74, 6) is 1.01. The van der Waals surface area contributed by atoms with Gasteiger partial charge in [0.05, 0.1) is 0 Å². The van der Waals surface area contributed by atoms with Gasteiger partial charge in [-0.05, 0) is 30.7 Å². The van der Waals surface area contributed by atoms with Gasteiger partial charge in [-0.15, -0.1) is 0 Å². The third kappa shape index (κ3) is 5.75. The van der Waals surface area contributed by atoms with Crippen LogP contribution in [0, 0.1) is 0 Å². The molecule has 1 atom stereocenters. The number of anilines is 1. The summed E-state index contributed by atoms with van der Waals surface area (Å²) in [5, 5.41) is 3.18. The highest BCUT2D eigenvalue weighted by atomic mass is 16.5. The van der Waals surface area contributed by atoms with Gasteiger partial charge >= 0.3 is 0 Å². The normalized spacial score (nSPS) is 19.2. The highest BCUT2D eigenvalue weighted by Crippen LogP contribution is 2.27. The molecule has 0 aromatic heterocycles. The van der Waals surface area contributed by atoms with Crippen LogP contribution in [0.3, 0.4) is 0 Å². The van der Waals surface area contributed by atoms with Crippen molar-refractivity contribution < 1.29 is 19.3 Å². The van der Waals surface area contributed by atoms with Gasteiger partial charge < -0.3 is 19.9 Å². The molecule has 4 rings (SSSR count). The van der Waals surface area contributed by atoms with Crippen LogP contribution in [0.25, 0.3) is 11.1 Å². The fourth-order valence-corrected chi connectivity index (χ4v) is 4.33. The Morgan fingerprint density at radius 1 is 0.875 bits per heavy atom. The number of nitrogens with one attached hydrogen (secondary N) is 3. The van der Waals surface area contributed by atoms with Gasteiger partial charge in [0.2, 0.25) is 0 Å². The maximum Gasteiger partial charge on any atom is 0.282 e. The molecule has 0 saturated carbocycles. The number of hydrogen-bond acceptors (Lipinski definition) is 2. The number of para-hydroxylation sites is 2. The van der Waals surface area contributed by atoms with Gasteiger partial charge in [-0.1, -0.05) is 66.7 Å². The Kier molecular flexibility index (Phi) is 7.54. The van der Waals surface area contributed by atoms with Crippen molar-refractivity contribution >= 4 is 11.6 Å². The van der Waals surface area contributed by atoms with Crippen molar-refractivity contribution in [1.29, 1.82) is 0 Å². The van der Waals surface area contributed by atoms with Crippen LogP contribution in [-0.2, 0) is 4.79 Å². The number of carbonyl (C=O) groups excluding carboxylic acids is 1. The molecule has 0 bridgehead atoms. The number of amides is 1. The molecule has 1 heterocycles. The van der Waals surface area contributed by atoms with E-state index in [0.29, 0.717) is 0 Å². The van der Waals surface area contributed by atoms with Crippen molar-refractivity contribution in [3.63, 3.8) is 0 Å². The van der Waals surface area contributed by atoms with E-state index in [2.05, 4.69) is 23.5 Å². The molecule has 0 spiro atoms. The Labute approximate surface area is 190 Å². The first kappa shape index (κ1) is 22.1. The van der Waals surface area contributed by atoms with Crippen molar-refractivity contribution in [3.8, 4) is 16.9 Å². The van der Waals surface area contributed by atoms with Crippen LogP contribution in [0.2, 0.25) is 0 Å². The van der Waals surface area contributed by atoms with Gasteiger partial charge in [0, 0.05) is 11.3 Å². The molecule has 5 heteroatoms. The van der Waals surface area contributed by atoms with Crippen molar-refractivity contribution in [2.75, 3.05) is 44.6 Å². The molecule has 1 aliphatic rings. The van der Waals surface area contributed by atoms with E-state index in [1.807, 2.05) is 73.7 Å². The third-order valence-corrected chi connectivity index (χ3v) is 6.34. The zero-order chi connectivity index (χ0) is 22.2. The van der Waals surface area contributed by atoms with Crippen LogP contribution in [0.15, 0.2) is 84.9 Å². The predicted octanol–water partition coefficient (Wildman–Crippen LogP) is 1.54. The van der Waals surface area contributed by atoms with Crippen molar-refractivity contribution in [1.82, 2.24) is 0 Å². The molecule has 1 fully saturated rings. The lowest BCUT2D eigenvalue weighted by atomic mass is 10.0. The second-order valence-electron chi connectivity index (χ2n) is 8.44. The smallest absolute Gasteiger partial charge is 0.282 e. The van der Waals surface area contributed by atoms with Gasteiger partial charge in [-0.25, -0.2) is 0 Å². The lowest BCUT2D eigenvalue weighted by molar-refractivity contribution is -1.02. The van der Waals surface area contributed by atoms with Crippen LogP contribution in [0.1, 0.15) is 6.92 Å². The Hall–Kier alpha value is -3.15. The van der Waals surface area contributed by atoms with Gasteiger partial charge in [-0.2, -0.15) is 0 Å². The Morgan fingerprint density at radius 3 is 2.22 bits per heavy atom. The molecule has 1 aliphatic heterocycles. The Balaban J connectivity index is 1.27. The van der Waals surface area contributed by atoms with Crippen LogP contribution in [0.4, 0.5) is 5.69 Å². The van der Waals surface area contributed by atoms with Crippen LogP contribution < -0.4 is 19.9 Å². The first-order chi connectivity index (χ1) is 15.7. The van der Waals surface area contributed by atoms with Gasteiger partial charge in [0.25, 0.3) is 5.91 Å². The average Bonchev–Trinajstić information content (AvgIpc) is 2.85. The maximum atomic E-state index is 13.0. The van der Waals surface area contributed by atoms with Gasteiger partial charge in [0.1, 0.15) is 45.1 Å². The van der Waals surface area contributed by atoms with E-state index in [1.54, 1.807) is 4.90 Å². The van der Waals surface area contributed by atoms with Crippen molar-refractivity contribution in [2.24, 2.45) is 0 Å². The van der Waals surface area contributed by atoms with E-state index < -0.39 is 0 Å². The molecule has 5 nitrogen and oxygen atoms in total. The van der Waals surface area contributed by atoms with Crippen LogP contribution in [0.5, 0.6) is 5.75 Å². The minimum absolute atomic E-state index is 0.0825. The summed E-state index contributed by atoms with van der Waals surface area (Å²) in [6.45, 7) is 7.87. The zero-order valence-corrected chi connectivity index (χ0v) is 18.7. The van der Waals surface area contributed by atoms with E-state index >= 15 is 0 Å². The second kappa shape index (κ2) is 10.9. The number of ether oxygens (including phenoxy) is 1. The Bertz CT molecular complexity index is 986. The average molecular weight is 432 g/mol. The summed E-state index contributed by atoms with van der Waals surface area (Å²) in [4.78, 5) is 15.9. The molecule has 3 aromatic rings. The molecular weight excluding hydrogens is 398 g/mol. The maximum absolute atomic E-state index is 13.0. The first-order valence-corrected chi connectivity index (χ1v) is 11.5. The molecule has 0 aliphatic carbocycles. The molecular formula is C27H33N3O2+2. The van der Waals surface area contributed by atoms with E-state index in [0.717, 1.165) is 61.9 Å². The van der Waals surface area contributed by atoms with E-state index in [1.165, 1.54) is 4.90 Å². The number of quaternary nitrogens is 2. The quantitative estimate of drug-likeness (QED) is 0.507. The number of benzene rings is 3. The zero-order valence-electron chi connectivity index (χ0n) is 18.7. The summed E-state index contributed by atoms with van der Waals surface area (Å²) >= 11 is 0. The van der Waals surface area contributed by atoms with Crippen molar-refractivity contribution in [3.05, 3.63) is 84.9 Å². The molecule has 0 unspecified atom stereocenters. The van der Waals surface area contributed by atoms with E-state index in [-0.39, 0.29) is 11.9 Å². The minimum atomic E-state index is -0.0825.